The minimum Gasteiger partial charge on any atom is -0.399 e. The van der Waals surface area contributed by atoms with Crippen LogP contribution in [0, 0.1) is 11.6 Å². The Balaban J connectivity index is 2.41. The fraction of sp³-hybridized carbons (Fsp3) is 0.455. The Kier molecular flexibility index (Phi) is 3.75. The lowest BCUT2D eigenvalue weighted by Gasteiger charge is -2.23. The average molecular weight is 340 g/mol. The van der Waals surface area contributed by atoms with Gasteiger partial charge in [0.05, 0.1) is 11.5 Å². The molecule has 118 valence electrons. The fourth-order valence-electron chi connectivity index (χ4n) is 2.25. The van der Waals surface area contributed by atoms with Gasteiger partial charge in [-0.15, -0.1) is 0 Å². The van der Waals surface area contributed by atoms with Gasteiger partial charge in [0.1, 0.15) is 4.90 Å². The van der Waals surface area contributed by atoms with Crippen molar-refractivity contribution in [2.24, 2.45) is 0 Å². The lowest BCUT2D eigenvalue weighted by atomic mass is 10.0. The van der Waals surface area contributed by atoms with Gasteiger partial charge in [-0.05, 0) is 25.5 Å². The summed E-state index contributed by atoms with van der Waals surface area (Å²) in [5.74, 6) is -3.51. The van der Waals surface area contributed by atoms with Crippen molar-refractivity contribution in [2.75, 3.05) is 17.2 Å². The molecule has 3 N–H and O–H groups in total. The number of sulfone groups is 1. The van der Waals surface area contributed by atoms with E-state index in [0.29, 0.717) is 6.07 Å². The lowest BCUT2D eigenvalue weighted by molar-refractivity contribution is 0.451. The Hall–Kier alpha value is -1.26. The molecule has 1 heterocycles. The third kappa shape index (κ3) is 3.33. The molecule has 1 aromatic rings. The number of anilines is 1. The SMILES string of the molecule is CC1(NS(=O)(=O)c2cc(N)cc(F)c2F)CCS(=O)(=O)C1. The van der Waals surface area contributed by atoms with E-state index in [1.54, 1.807) is 0 Å². The molecular formula is C11H14F2N2O4S2. The van der Waals surface area contributed by atoms with Gasteiger partial charge >= 0.3 is 0 Å². The first kappa shape index (κ1) is 16.1. The molecule has 1 atom stereocenters. The van der Waals surface area contributed by atoms with Crippen molar-refractivity contribution in [1.29, 1.82) is 0 Å². The molecule has 0 aromatic heterocycles. The molecule has 1 saturated heterocycles. The highest BCUT2D eigenvalue weighted by atomic mass is 32.2. The van der Waals surface area contributed by atoms with Gasteiger partial charge in [0.25, 0.3) is 0 Å². The van der Waals surface area contributed by atoms with E-state index in [-0.39, 0.29) is 17.9 Å². The van der Waals surface area contributed by atoms with Crippen molar-refractivity contribution in [2.45, 2.75) is 23.8 Å². The third-order valence-corrected chi connectivity index (χ3v) is 6.73. The highest BCUT2D eigenvalue weighted by Crippen LogP contribution is 2.27. The number of hydrogen-bond donors (Lipinski definition) is 2. The topological polar surface area (TPSA) is 106 Å². The second-order valence-electron chi connectivity index (χ2n) is 5.32. The monoisotopic (exact) mass is 340 g/mol. The van der Waals surface area contributed by atoms with E-state index in [0.717, 1.165) is 6.07 Å². The second kappa shape index (κ2) is 4.89. The van der Waals surface area contributed by atoms with Crippen LogP contribution in [0.5, 0.6) is 0 Å². The Morgan fingerprint density at radius 3 is 2.48 bits per heavy atom. The number of sulfonamides is 1. The molecule has 1 aliphatic rings. The van der Waals surface area contributed by atoms with E-state index in [1.807, 2.05) is 0 Å². The van der Waals surface area contributed by atoms with Crippen molar-refractivity contribution < 1.29 is 25.6 Å². The molecule has 0 saturated carbocycles. The molecule has 0 bridgehead atoms. The van der Waals surface area contributed by atoms with Crippen LogP contribution < -0.4 is 10.5 Å². The van der Waals surface area contributed by atoms with Gasteiger partial charge in [-0.25, -0.2) is 30.3 Å². The quantitative estimate of drug-likeness (QED) is 0.775. The van der Waals surface area contributed by atoms with Crippen LogP contribution in [-0.2, 0) is 19.9 Å². The van der Waals surface area contributed by atoms with Crippen LogP contribution in [0.4, 0.5) is 14.5 Å². The van der Waals surface area contributed by atoms with Gasteiger partial charge in [0, 0.05) is 11.2 Å². The zero-order valence-electron chi connectivity index (χ0n) is 11.1. The summed E-state index contributed by atoms with van der Waals surface area (Å²) in [6.45, 7) is 1.40. The molecule has 1 aliphatic heterocycles. The second-order valence-corrected chi connectivity index (χ2v) is 9.16. The molecule has 0 radical (unpaired) electrons. The first-order valence-corrected chi connectivity index (χ1v) is 9.24. The molecule has 0 amide bonds. The highest BCUT2D eigenvalue weighted by molar-refractivity contribution is 7.92. The van der Waals surface area contributed by atoms with Crippen molar-refractivity contribution in [3.63, 3.8) is 0 Å². The molecule has 6 nitrogen and oxygen atoms in total. The molecule has 1 fully saturated rings. The fourth-order valence-corrected chi connectivity index (χ4v) is 5.99. The summed E-state index contributed by atoms with van der Waals surface area (Å²) in [6.07, 6.45) is 0.0565. The van der Waals surface area contributed by atoms with Crippen molar-refractivity contribution in [1.82, 2.24) is 4.72 Å². The summed E-state index contributed by atoms with van der Waals surface area (Å²) in [4.78, 5) is -0.939. The van der Waals surface area contributed by atoms with Gasteiger partial charge in [-0.2, -0.15) is 0 Å². The van der Waals surface area contributed by atoms with E-state index >= 15 is 0 Å². The number of benzene rings is 1. The molecule has 21 heavy (non-hydrogen) atoms. The summed E-state index contributed by atoms with van der Waals surface area (Å²) in [5, 5.41) is 0. The predicted molar refractivity (Wildman–Crippen MR) is 72.8 cm³/mol. The number of halogens is 2. The molecule has 0 spiro atoms. The largest absolute Gasteiger partial charge is 0.399 e. The van der Waals surface area contributed by atoms with Crippen molar-refractivity contribution in [3.05, 3.63) is 23.8 Å². The van der Waals surface area contributed by atoms with E-state index in [1.165, 1.54) is 6.92 Å². The number of nitrogens with two attached hydrogens (primary N) is 1. The Labute approximate surface area is 121 Å². The Bertz CT molecular complexity index is 793. The summed E-state index contributed by atoms with van der Waals surface area (Å²) in [7, 11) is -7.79. The van der Waals surface area contributed by atoms with Crippen LogP contribution in [0.2, 0.25) is 0 Å². The third-order valence-electron chi connectivity index (χ3n) is 3.19. The van der Waals surface area contributed by atoms with Crippen LogP contribution in [-0.4, -0.2) is 33.9 Å². The molecule has 1 aromatic carbocycles. The van der Waals surface area contributed by atoms with Crippen molar-refractivity contribution in [3.8, 4) is 0 Å². The number of nitrogens with one attached hydrogen (secondary N) is 1. The van der Waals surface area contributed by atoms with Gasteiger partial charge in [0.15, 0.2) is 21.5 Å². The minimum atomic E-state index is -4.44. The van der Waals surface area contributed by atoms with Crippen LogP contribution >= 0.6 is 0 Å². The first-order valence-electron chi connectivity index (χ1n) is 5.93. The predicted octanol–water partition coefficient (Wildman–Crippen LogP) is 0.403. The normalized spacial score (nSPS) is 25.1. The molecule has 10 heteroatoms. The standard InChI is InChI=1S/C11H14F2N2O4S2/c1-11(2-3-20(16,17)6-11)15-21(18,19)9-5-7(14)4-8(12)10(9)13/h4-5,15H,2-3,6,14H2,1H3. The number of nitrogen functional groups attached to an aromatic ring is 1. The maximum absolute atomic E-state index is 13.7. The smallest absolute Gasteiger partial charge is 0.244 e. The summed E-state index contributed by atoms with van der Waals surface area (Å²) >= 11 is 0. The van der Waals surface area contributed by atoms with E-state index in [2.05, 4.69) is 4.72 Å². The van der Waals surface area contributed by atoms with Crippen LogP contribution in [0.3, 0.4) is 0 Å². The lowest BCUT2D eigenvalue weighted by Crippen LogP contribution is -2.47. The van der Waals surface area contributed by atoms with Gasteiger partial charge in [-0.3, -0.25) is 0 Å². The zero-order chi connectivity index (χ0) is 16.1. The van der Waals surface area contributed by atoms with E-state index in [9.17, 15) is 25.6 Å². The van der Waals surface area contributed by atoms with Gasteiger partial charge in [0.2, 0.25) is 10.0 Å². The summed E-state index contributed by atoms with van der Waals surface area (Å²) < 4.78 is 76.3. The Morgan fingerprint density at radius 1 is 1.33 bits per heavy atom. The first-order chi connectivity index (χ1) is 9.44. The van der Waals surface area contributed by atoms with E-state index < -0.39 is 47.7 Å². The summed E-state index contributed by atoms with van der Waals surface area (Å²) in [6, 6.07) is 1.45. The Morgan fingerprint density at radius 2 is 1.95 bits per heavy atom. The molecule has 2 rings (SSSR count). The van der Waals surface area contributed by atoms with Crippen LogP contribution in [0.25, 0.3) is 0 Å². The van der Waals surface area contributed by atoms with Crippen LogP contribution in [0.1, 0.15) is 13.3 Å². The van der Waals surface area contributed by atoms with E-state index in [4.69, 9.17) is 5.73 Å². The van der Waals surface area contributed by atoms with Crippen LogP contribution in [0.15, 0.2) is 17.0 Å². The molecule has 0 aliphatic carbocycles. The molecular weight excluding hydrogens is 326 g/mol. The zero-order valence-corrected chi connectivity index (χ0v) is 12.7. The maximum atomic E-state index is 13.7. The number of hydrogen-bond acceptors (Lipinski definition) is 5. The molecule has 1 unspecified atom stereocenters. The van der Waals surface area contributed by atoms with Crippen molar-refractivity contribution >= 4 is 25.5 Å². The van der Waals surface area contributed by atoms with Gasteiger partial charge in [-0.1, -0.05) is 0 Å². The average Bonchev–Trinajstić information content (AvgIpc) is 2.56. The minimum absolute atomic E-state index is 0.0565. The van der Waals surface area contributed by atoms with Gasteiger partial charge < -0.3 is 5.73 Å². The number of rotatable bonds is 3. The highest BCUT2D eigenvalue weighted by Gasteiger charge is 2.42. The maximum Gasteiger partial charge on any atom is 0.244 e. The summed E-state index contributed by atoms with van der Waals surface area (Å²) in [5.41, 5.74) is 3.80.